The molecule has 2 heterocycles. The molecule has 3 aromatic rings. The van der Waals surface area contributed by atoms with Gasteiger partial charge in [-0.05, 0) is 30.9 Å². The second-order valence-corrected chi connectivity index (χ2v) is 7.05. The Hall–Kier alpha value is -2.11. The van der Waals surface area contributed by atoms with E-state index in [1.807, 2.05) is 48.7 Å². The van der Waals surface area contributed by atoms with Crippen molar-refractivity contribution >= 4 is 28.8 Å². The fraction of sp³-hybridized carbons (Fsp3) is 0.222. The monoisotopic (exact) mass is 359 g/mol. The number of aromatic nitrogens is 2. The van der Waals surface area contributed by atoms with Crippen LogP contribution < -0.4 is 5.32 Å². The molecule has 0 saturated heterocycles. The zero-order chi connectivity index (χ0) is 17.1. The predicted molar refractivity (Wildman–Crippen MR) is 97.7 cm³/mol. The summed E-state index contributed by atoms with van der Waals surface area (Å²) in [5, 5.41) is 9.68. The minimum absolute atomic E-state index is 0.193. The van der Waals surface area contributed by atoms with Crippen molar-refractivity contribution in [1.29, 1.82) is 0 Å². The first-order valence-electron chi connectivity index (χ1n) is 7.63. The van der Waals surface area contributed by atoms with Crippen LogP contribution >= 0.6 is 22.9 Å². The normalized spacial score (nSPS) is 10.8. The summed E-state index contributed by atoms with van der Waals surface area (Å²) >= 11 is 8.02. The van der Waals surface area contributed by atoms with Crippen LogP contribution in [0.4, 0.5) is 0 Å². The van der Waals surface area contributed by atoms with E-state index in [-0.39, 0.29) is 5.91 Å². The molecule has 0 spiro atoms. The van der Waals surface area contributed by atoms with E-state index in [2.05, 4.69) is 10.4 Å². The number of thiophene rings is 1. The van der Waals surface area contributed by atoms with Gasteiger partial charge in [0.1, 0.15) is 5.15 Å². The number of halogens is 1. The molecule has 0 radical (unpaired) electrons. The number of carbonyl (C=O) groups excluding carboxylic acids is 1. The highest BCUT2D eigenvalue weighted by Crippen LogP contribution is 2.21. The molecule has 24 heavy (non-hydrogen) atoms. The summed E-state index contributed by atoms with van der Waals surface area (Å²) < 4.78 is 1.67. The molecule has 0 aliphatic heterocycles. The molecule has 2 aromatic heterocycles. The molecular formula is C18H18ClN3OS. The van der Waals surface area contributed by atoms with Gasteiger partial charge < -0.3 is 5.32 Å². The SMILES string of the molecule is Cc1ccc(Cn2nc(C)c(C(=O)NCc3cccs3)c2Cl)cc1. The summed E-state index contributed by atoms with van der Waals surface area (Å²) in [7, 11) is 0. The number of hydrogen-bond acceptors (Lipinski definition) is 3. The summed E-state index contributed by atoms with van der Waals surface area (Å²) in [5.74, 6) is -0.193. The molecule has 0 bridgehead atoms. The average molecular weight is 360 g/mol. The lowest BCUT2D eigenvalue weighted by Crippen LogP contribution is -2.23. The van der Waals surface area contributed by atoms with Gasteiger partial charge in [0.05, 0.1) is 24.3 Å². The fourth-order valence-corrected chi connectivity index (χ4v) is 3.42. The molecule has 4 nitrogen and oxygen atoms in total. The molecule has 1 amide bonds. The first-order chi connectivity index (χ1) is 11.5. The van der Waals surface area contributed by atoms with Gasteiger partial charge in [0, 0.05) is 4.88 Å². The predicted octanol–water partition coefficient (Wildman–Crippen LogP) is 4.19. The third-order valence-corrected chi connectivity index (χ3v) is 5.01. The fourth-order valence-electron chi connectivity index (χ4n) is 2.45. The van der Waals surface area contributed by atoms with Crippen molar-refractivity contribution < 1.29 is 4.79 Å². The highest BCUT2D eigenvalue weighted by molar-refractivity contribution is 7.09. The number of nitrogens with one attached hydrogen (secondary N) is 1. The maximum absolute atomic E-state index is 12.4. The summed E-state index contributed by atoms with van der Waals surface area (Å²) in [6, 6.07) is 12.1. The van der Waals surface area contributed by atoms with Crippen molar-refractivity contribution in [2.24, 2.45) is 0 Å². The molecule has 1 aromatic carbocycles. The molecule has 0 saturated carbocycles. The lowest BCUT2D eigenvalue weighted by Gasteiger charge is -2.05. The van der Waals surface area contributed by atoms with Gasteiger partial charge in [0.2, 0.25) is 0 Å². The molecule has 0 aliphatic rings. The summed E-state index contributed by atoms with van der Waals surface area (Å²) in [5.41, 5.74) is 3.38. The summed E-state index contributed by atoms with van der Waals surface area (Å²) in [6.07, 6.45) is 0. The molecule has 124 valence electrons. The van der Waals surface area contributed by atoms with Crippen LogP contribution in [0.2, 0.25) is 5.15 Å². The Kier molecular flexibility index (Phi) is 5.02. The maximum atomic E-state index is 12.4. The Balaban J connectivity index is 1.75. The molecule has 0 atom stereocenters. The topological polar surface area (TPSA) is 46.9 Å². The third-order valence-electron chi connectivity index (χ3n) is 3.75. The van der Waals surface area contributed by atoms with Crippen molar-refractivity contribution in [3.05, 3.63) is 74.2 Å². The van der Waals surface area contributed by atoms with Crippen LogP contribution in [-0.2, 0) is 13.1 Å². The summed E-state index contributed by atoms with van der Waals surface area (Å²) in [6.45, 7) is 4.88. The molecule has 0 unspecified atom stereocenters. The van der Waals surface area contributed by atoms with Gasteiger partial charge in [-0.15, -0.1) is 11.3 Å². The van der Waals surface area contributed by atoms with Gasteiger partial charge in [-0.25, -0.2) is 4.68 Å². The molecule has 0 fully saturated rings. The van der Waals surface area contributed by atoms with E-state index in [4.69, 9.17) is 11.6 Å². The Bertz CT molecular complexity index is 838. The van der Waals surface area contributed by atoms with E-state index >= 15 is 0 Å². The van der Waals surface area contributed by atoms with Crippen molar-refractivity contribution in [1.82, 2.24) is 15.1 Å². The molecule has 1 N–H and O–H groups in total. The molecule has 6 heteroatoms. The quantitative estimate of drug-likeness (QED) is 0.742. The van der Waals surface area contributed by atoms with Crippen LogP contribution in [0.15, 0.2) is 41.8 Å². The first kappa shape index (κ1) is 16.7. The number of aryl methyl sites for hydroxylation is 2. The number of carbonyl (C=O) groups is 1. The molecule has 3 rings (SSSR count). The smallest absolute Gasteiger partial charge is 0.256 e. The highest BCUT2D eigenvalue weighted by Gasteiger charge is 2.20. The van der Waals surface area contributed by atoms with Crippen molar-refractivity contribution in [3.8, 4) is 0 Å². The van der Waals surface area contributed by atoms with Gasteiger partial charge >= 0.3 is 0 Å². The van der Waals surface area contributed by atoms with Gasteiger partial charge in [0.15, 0.2) is 0 Å². The Labute approximate surface area is 150 Å². The van der Waals surface area contributed by atoms with Crippen molar-refractivity contribution in [2.45, 2.75) is 26.9 Å². The zero-order valence-electron chi connectivity index (χ0n) is 13.5. The Morgan fingerprint density at radius 3 is 2.67 bits per heavy atom. The average Bonchev–Trinajstić information content (AvgIpc) is 3.16. The maximum Gasteiger partial charge on any atom is 0.256 e. The number of amides is 1. The van der Waals surface area contributed by atoms with Crippen LogP contribution in [0.1, 0.15) is 32.1 Å². The van der Waals surface area contributed by atoms with E-state index in [1.54, 1.807) is 22.9 Å². The lowest BCUT2D eigenvalue weighted by molar-refractivity contribution is 0.0951. The van der Waals surface area contributed by atoms with E-state index in [0.717, 1.165) is 10.4 Å². The lowest BCUT2D eigenvalue weighted by atomic mass is 10.1. The second kappa shape index (κ2) is 7.20. The van der Waals surface area contributed by atoms with Crippen molar-refractivity contribution in [3.63, 3.8) is 0 Å². The van der Waals surface area contributed by atoms with Gasteiger partial charge in [-0.1, -0.05) is 47.5 Å². The molecule has 0 aliphatic carbocycles. The number of hydrogen-bond donors (Lipinski definition) is 1. The van der Waals surface area contributed by atoms with Crippen LogP contribution in [0.25, 0.3) is 0 Å². The van der Waals surface area contributed by atoms with Crippen LogP contribution in [-0.4, -0.2) is 15.7 Å². The standard InChI is InChI=1S/C18H18ClN3OS/c1-12-5-7-14(8-6-12)11-22-17(19)16(13(2)21-22)18(23)20-10-15-4-3-9-24-15/h3-9H,10-11H2,1-2H3,(H,20,23). The van der Waals surface area contributed by atoms with E-state index in [0.29, 0.717) is 29.5 Å². The van der Waals surface area contributed by atoms with Crippen molar-refractivity contribution in [2.75, 3.05) is 0 Å². The van der Waals surface area contributed by atoms with E-state index < -0.39 is 0 Å². The minimum Gasteiger partial charge on any atom is -0.347 e. The highest BCUT2D eigenvalue weighted by atomic mass is 35.5. The van der Waals surface area contributed by atoms with Gasteiger partial charge in [-0.3, -0.25) is 4.79 Å². The largest absolute Gasteiger partial charge is 0.347 e. The second-order valence-electron chi connectivity index (χ2n) is 5.66. The zero-order valence-corrected chi connectivity index (χ0v) is 15.1. The Morgan fingerprint density at radius 1 is 1.25 bits per heavy atom. The van der Waals surface area contributed by atoms with Crippen LogP contribution in [0.5, 0.6) is 0 Å². The van der Waals surface area contributed by atoms with Gasteiger partial charge in [0.25, 0.3) is 5.91 Å². The molecular weight excluding hydrogens is 342 g/mol. The van der Waals surface area contributed by atoms with Gasteiger partial charge in [-0.2, -0.15) is 5.10 Å². The van der Waals surface area contributed by atoms with E-state index in [9.17, 15) is 4.79 Å². The Morgan fingerprint density at radius 2 is 2.00 bits per heavy atom. The first-order valence-corrected chi connectivity index (χ1v) is 8.89. The third kappa shape index (κ3) is 3.68. The van der Waals surface area contributed by atoms with E-state index in [1.165, 1.54) is 5.56 Å². The number of rotatable bonds is 5. The summed E-state index contributed by atoms with van der Waals surface area (Å²) in [4.78, 5) is 13.5. The number of benzene rings is 1. The number of nitrogens with zero attached hydrogens (tertiary/aromatic N) is 2. The minimum atomic E-state index is -0.193. The van der Waals surface area contributed by atoms with Crippen LogP contribution in [0, 0.1) is 13.8 Å². The van der Waals surface area contributed by atoms with Crippen LogP contribution in [0.3, 0.4) is 0 Å².